The zero-order chi connectivity index (χ0) is 11.9. The Morgan fingerprint density at radius 3 is 2.50 bits per heavy atom. The molecule has 0 aliphatic heterocycles. The quantitative estimate of drug-likeness (QED) is 0.734. The third-order valence-corrected chi connectivity index (χ3v) is 2.00. The van der Waals surface area contributed by atoms with Crippen LogP contribution in [-0.4, -0.2) is 9.38 Å². The smallest absolute Gasteiger partial charge is 0.337 e. The van der Waals surface area contributed by atoms with Crippen LogP contribution in [0, 0.1) is 0 Å². The van der Waals surface area contributed by atoms with Crippen molar-refractivity contribution in [2.24, 2.45) is 0 Å². The van der Waals surface area contributed by atoms with Crippen LogP contribution in [0.4, 0.5) is 13.2 Å². The van der Waals surface area contributed by atoms with Crippen LogP contribution in [0.1, 0.15) is 5.69 Å². The topological polar surface area (TPSA) is 54.3 Å². The molecule has 0 unspecified atom stereocenters. The Morgan fingerprint density at radius 2 is 1.88 bits per heavy atom. The number of rotatable bonds is 0. The Labute approximate surface area is 86.0 Å². The molecule has 2 aromatic heterocycles. The number of aromatic amines is 1. The molecular weight excluding hydrogens is 225 g/mol. The second-order valence-electron chi connectivity index (χ2n) is 3.14. The van der Waals surface area contributed by atoms with Gasteiger partial charge in [0.1, 0.15) is 11.3 Å². The lowest BCUT2D eigenvalue weighted by Gasteiger charge is -2.07. The first kappa shape index (κ1) is 10.5. The Hall–Kier alpha value is -2.05. The van der Waals surface area contributed by atoms with Crippen molar-refractivity contribution >= 4 is 5.65 Å². The maximum Gasteiger partial charge on any atom is 0.431 e. The first-order valence-electron chi connectivity index (χ1n) is 4.21. The van der Waals surface area contributed by atoms with Gasteiger partial charge in [-0.15, -0.1) is 0 Å². The molecular formula is C9H5F3N2O2. The molecule has 0 aromatic carbocycles. The first-order chi connectivity index (χ1) is 7.38. The van der Waals surface area contributed by atoms with E-state index in [0.717, 1.165) is 22.7 Å². The third-order valence-electron chi connectivity index (χ3n) is 2.00. The molecule has 0 amide bonds. The third kappa shape index (κ3) is 1.71. The Kier molecular flexibility index (Phi) is 2.11. The summed E-state index contributed by atoms with van der Waals surface area (Å²) in [5.74, 6) is 0. The molecule has 0 fully saturated rings. The number of nitrogens with one attached hydrogen (secondary N) is 1. The van der Waals surface area contributed by atoms with Crippen molar-refractivity contribution in [1.82, 2.24) is 9.38 Å². The van der Waals surface area contributed by atoms with E-state index < -0.39 is 22.9 Å². The summed E-state index contributed by atoms with van der Waals surface area (Å²) in [5.41, 5.74) is -2.69. The van der Waals surface area contributed by atoms with Crippen molar-refractivity contribution in [1.29, 1.82) is 0 Å². The van der Waals surface area contributed by atoms with E-state index in [1.54, 1.807) is 0 Å². The van der Waals surface area contributed by atoms with Gasteiger partial charge in [0.25, 0.3) is 5.56 Å². The average molecular weight is 230 g/mol. The number of alkyl halides is 3. The lowest BCUT2D eigenvalue weighted by Crippen LogP contribution is -2.21. The molecule has 2 heterocycles. The summed E-state index contributed by atoms with van der Waals surface area (Å²) in [6.07, 6.45) is -3.52. The van der Waals surface area contributed by atoms with E-state index in [2.05, 4.69) is 0 Å². The molecule has 1 N–H and O–H groups in total. The molecule has 0 spiro atoms. The predicted octanol–water partition coefficient (Wildman–Crippen LogP) is 1.01. The number of pyridine rings is 1. The van der Waals surface area contributed by atoms with Gasteiger partial charge in [0.15, 0.2) is 5.43 Å². The molecule has 7 heteroatoms. The van der Waals surface area contributed by atoms with Crippen molar-refractivity contribution in [2.45, 2.75) is 6.18 Å². The maximum atomic E-state index is 12.3. The molecule has 0 saturated heterocycles. The molecule has 2 rings (SSSR count). The molecule has 0 atom stereocenters. The standard InChI is InChI=1S/C9H5F3N2O2/c10-9(11,12)6-4-8(16)14-2-1-5(15)3-7(14)13-6/h1-4,13H. The first-order valence-corrected chi connectivity index (χ1v) is 4.21. The van der Waals surface area contributed by atoms with Gasteiger partial charge < -0.3 is 4.98 Å². The van der Waals surface area contributed by atoms with Crippen LogP contribution < -0.4 is 11.0 Å². The van der Waals surface area contributed by atoms with Crippen molar-refractivity contribution in [3.05, 3.63) is 50.7 Å². The lowest BCUT2D eigenvalue weighted by atomic mass is 10.3. The average Bonchev–Trinajstić information content (AvgIpc) is 2.15. The molecule has 0 radical (unpaired) electrons. The minimum atomic E-state index is -4.65. The van der Waals surface area contributed by atoms with Gasteiger partial charge in [-0.1, -0.05) is 0 Å². The molecule has 0 aliphatic rings. The zero-order valence-corrected chi connectivity index (χ0v) is 7.71. The minimum Gasteiger partial charge on any atom is -0.337 e. The van der Waals surface area contributed by atoms with Crippen molar-refractivity contribution in [2.75, 3.05) is 0 Å². The van der Waals surface area contributed by atoms with Gasteiger partial charge in [-0.2, -0.15) is 13.2 Å². The van der Waals surface area contributed by atoms with Crippen LogP contribution in [0.15, 0.2) is 34.0 Å². The molecule has 0 bridgehead atoms. The molecule has 0 saturated carbocycles. The second kappa shape index (κ2) is 3.22. The summed E-state index contributed by atoms with van der Waals surface area (Å²) in [4.78, 5) is 24.2. The number of nitrogens with zero attached hydrogens (tertiary/aromatic N) is 1. The summed E-state index contributed by atoms with van der Waals surface area (Å²) in [5, 5.41) is 0. The monoisotopic (exact) mass is 230 g/mol. The largest absolute Gasteiger partial charge is 0.431 e. The summed E-state index contributed by atoms with van der Waals surface area (Å²) in [6, 6.07) is 2.46. The van der Waals surface area contributed by atoms with E-state index >= 15 is 0 Å². The van der Waals surface area contributed by atoms with E-state index in [4.69, 9.17) is 0 Å². The van der Waals surface area contributed by atoms with Crippen LogP contribution in [0.5, 0.6) is 0 Å². The van der Waals surface area contributed by atoms with Crippen LogP contribution in [-0.2, 0) is 6.18 Å². The van der Waals surface area contributed by atoms with Gasteiger partial charge in [-0.25, -0.2) is 0 Å². The molecule has 2 aromatic rings. The van der Waals surface area contributed by atoms with E-state index in [0.29, 0.717) is 6.07 Å². The highest BCUT2D eigenvalue weighted by Crippen LogP contribution is 2.26. The van der Waals surface area contributed by atoms with Gasteiger partial charge in [-0.3, -0.25) is 14.0 Å². The number of H-pyrrole nitrogens is 1. The highest BCUT2D eigenvalue weighted by atomic mass is 19.4. The fraction of sp³-hybridized carbons (Fsp3) is 0.111. The van der Waals surface area contributed by atoms with Gasteiger partial charge >= 0.3 is 6.18 Å². The molecule has 4 nitrogen and oxygen atoms in total. The normalized spacial score (nSPS) is 11.9. The number of halogens is 3. The number of hydrogen-bond donors (Lipinski definition) is 1. The SMILES string of the molecule is O=c1ccn2c(=O)cc(C(F)(F)F)[nH]c2c1. The van der Waals surface area contributed by atoms with Crippen LogP contribution in [0.25, 0.3) is 5.65 Å². The molecule has 84 valence electrons. The maximum absolute atomic E-state index is 12.3. The summed E-state index contributed by atoms with van der Waals surface area (Å²) in [7, 11) is 0. The zero-order valence-electron chi connectivity index (χ0n) is 7.71. The molecule has 16 heavy (non-hydrogen) atoms. The van der Waals surface area contributed by atoms with Gasteiger partial charge in [-0.05, 0) is 0 Å². The van der Waals surface area contributed by atoms with Crippen molar-refractivity contribution in [3.63, 3.8) is 0 Å². The Morgan fingerprint density at radius 1 is 1.19 bits per heavy atom. The predicted molar refractivity (Wildman–Crippen MR) is 49.3 cm³/mol. The van der Waals surface area contributed by atoms with Crippen LogP contribution in [0.2, 0.25) is 0 Å². The lowest BCUT2D eigenvalue weighted by molar-refractivity contribution is -0.141. The number of hydrogen-bond acceptors (Lipinski definition) is 2. The van der Waals surface area contributed by atoms with E-state index in [1.165, 1.54) is 0 Å². The Bertz CT molecular complexity index is 654. The van der Waals surface area contributed by atoms with Gasteiger partial charge in [0.05, 0.1) is 0 Å². The summed E-state index contributed by atoms with van der Waals surface area (Å²) < 4.78 is 37.9. The van der Waals surface area contributed by atoms with E-state index in [1.807, 2.05) is 4.98 Å². The van der Waals surface area contributed by atoms with Gasteiger partial charge in [0.2, 0.25) is 0 Å². The highest BCUT2D eigenvalue weighted by Gasteiger charge is 2.32. The fourth-order valence-electron chi connectivity index (χ4n) is 1.29. The number of aromatic nitrogens is 2. The van der Waals surface area contributed by atoms with Crippen LogP contribution in [0.3, 0.4) is 0 Å². The van der Waals surface area contributed by atoms with Crippen molar-refractivity contribution < 1.29 is 13.2 Å². The van der Waals surface area contributed by atoms with Crippen LogP contribution >= 0.6 is 0 Å². The molecule has 0 aliphatic carbocycles. The summed E-state index contributed by atoms with van der Waals surface area (Å²) in [6.45, 7) is 0. The van der Waals surface area contributed by atoms with Gasteiger partial charge in [0, 0.05) is 24.4 Å². The fourth-order valence-corrected chi connectivity index (χ4v) is 1.29. The second-order valence-corrected chi connectivity index (χ2v) is 3.14. The van der Waals surface area contributed by atoms with E-state index in [-0.39, 0.29) is 5.65 Å². The number of fused-ring (bicyclic) bond motifs is 1. The minimum absolute atomic E-state index is 0.188. The van der Waals surface area contributed by atoms with Crippen molar-refractivity contribution in [3.8, 4) is 0 Å². The Balaban J connectivity index is 2.86. The van der Waals surface area contributed by atoms with E-state index in [9.17, 15) is 22.8 Å². The highest BCUT2D eigenvalue weighted by molar-refractivity contribution is 5.38. The summed E-state index contributed by atoms with van der Waals surface area (Å²) >= 11 is 0.